The fourth-order valence-electron chi connectivity index (χ4n) is 4.52. The van der Waals surface area contributed by atoms with Gasteiger partial charge in [-0.15, -0.1) is 0 Å². The molecule has 2 amide bonds. The van der Waals surface area contributed by atoms with Gasteiger partial charge in [-0.3, -0.25) is 4.79 Å². The molecule has 13 heteroatoms. The number of hydrogen-bond donors (Lipinski definition) is 3. The molecule has 1 fully saturated rings. The maximum Gasteiger partial charge on any atom is 0.422 e. The number of anilines is 1. The number of ether oxygens (including phenoxy) is 3. The van der Waals surface area contributed by atoms with E-state index in [0.717, 1.165) is 4.31 Å². The minimum Gasteiger partial charge on any atom is -0.493 e. The summed E-state index contributed by atoms with van der Waals surface area (Å²) in [5.41, 5.74) is 1.50. The van der Waals surface area contributed by atoms with Gasteiger partial charge in [-0.25, -0.2) is 13.8 Å². The first kappa shape index (κ1) is 30.2. The highest BCUT2D eigenvalue weighted by Crippen LogP contribution is 2.30. The molecule has 1 aliphatic heterocycles. The number of methoxy groups -OCH3 is 2. The van der Waals surface area contributed by atoms with E-state index < -0.39 is 28.3 Å². The number of rotatable bonds is 11. The largest absolute Gasteiger partial charge is 0.493 e. The van der Waals surface area contributed by atoms with Gasteiger partial charge in [0.25, 0.3) is 5.91 Å². The fourth-order valence-corrected chi connectivity index (χ4v) is 5.88. The van der Waals surface area contributed by atoms with E-state index in [2.05, 4.69) is 10.6 Å². The van der Waals surface area contributed by atoms with Crippen LogP contribution in [0.25, 0.3) is 0 Å². The van der Waals surface area contributed by atoms with E-state index in [0.29, 0.717) is 35.6 Å². The number of nitrogens with one attached hydrogen (secondary N) is 3. The lowest BCUT2D eigenvalue weighted by Crippen LogP contribution is -2.50. The molecule has 3 aromatic carbocycles. The number of nitriles is 1. The van der Waals surface area contributed by atoms with Crippen molar-refractivity contribution in [2.24, 2.45) is 0 Å². The van der Waals surface area contributed by atoms with Crippen LogP contribution in [0.2, 0.25) is 0 Å². The molecule has 12 nitrogen and oxygen atoms in total. The van der Waals surface area contributed by atoms with Crippen LogP contribution < -0.4 is 29.1 Å². The number of benzene rings is 3. The fraction of sp³-hybridized carbons (Fsp3) is 0.276. The lowest BCUT2D eigenvalue weighted by molar-refractivity contribution is 0.0951. The molecule has 1 unspecified atom stereocenters. The summed E-state index contributed by atoms with van der Waals surface area (Å²) in [6.45, 7) is 0.768. The van der Waals surface area contributed by atoms with Crippen molar-refractivity contribution in [3.63, 3.8) is 0 Å². The van der Waals surface area contributed by atoms with Crippen LogP contribution >= 0.6 is 0 Å². The molecule has 0 spiro atoms. The molecule has 1 atom stereocenters. The van der Waals surface area contributed by atoms with E-state index in [1.54, 1.807) is 48.5 Å². The van der Waals surface area contributed by atoms with E-state index in [-0.39, 0.29) is 36.5 Å². The van der Waals surface area contributed by atoms with Crippen LogP contribution in [0.3, 0.4) is 0 Å². The summed E-state index contributed by atoms with van der Waals surface area (Å²) in [6.07, 6.45) is -0.741. The molecule has 0 aliphatic carbocycles. The van der Waals surface area contributed by atoms with Crippen LogP contribution in [-0.2, 0) is 28.1 Å². The molecule has 0 radical (unpaired) electrons. The molecule has 220 valence electrons. The number of carbonyl (C=O) groups is 2. The Kier molecular flexibility index (Phi) is 9.85. The van der Waals surface area contributed by atoms with Gasteiger partial charge in [0.2, 0.25) is 0 Å². The average Bonchev–Trinajstić information content (AvgIpc) is 3.53. The zero-order valence-electron chi connectivity index (χ0n) is 23.1. The Morgan fingerprint density at radius 3 is 2.45 bits per heavy atom. The minimum absolute atomic E-state index is 0.0101. The van der Waals surface area contributed by atoms with Crippen molar-refractivity contribution in [1.29, 1.82) is 5.26 Å². The van der Waals surface area contributed by atoms with Crippen molar-refractivity contribution >= 4 is 27.9 Å². The lowest BCUT2D eigenvalue weighted by atomic mass is 10.1. The van der Waals surface area contributed by atoms with Crippen LogP contribution in [0.4, 0.5) is 10.5 Å². The Balaban J connectivity index is 1.60. The van der Waals surface area contributed by atoms with Gasteiger partial charge in [0.05, 0.1) is 43.1 Å². The maximum atomic E-state index is 13.6. The second kappa shape index (κ2) is 13.7. The van der Waals surface area contributed by atoms with Gasteiger partial charge in [0, 0.05) is 13.1 Å². The van der Waals surface area contributed by atoms with Crippen molar-refractivity contribution in [3.8, 4) is 17.6 Å². The summed E-state index contributed by atoms with van der Waals surface area (Å²) in [4.78, 5) is 26.0. The first-order chi connectivity index (χ1) is 20.2. The van der Waals surface area contributed by atoms with Crippen molar-refractivity contribution in [1.82, 2.24) is 15.4 Å². The molecule has 1 aliphatic rings. The summed E-state index contributed by atoms with van der Waals surface area (Å²) < 4.78 is 46.0. The minimum atomic E-state index is -4.55. The monoisotopic (exact) mass is 593 g/mol. The average molecular weight is 594 g/mol. The third-order valence-corrected chi connectivity index (χ3v) is 8.00. The number of amides is 2. The third-order valence-electron chi connectivity index (χ3n) is 6.56. The second-order valence-corrected chi connectivity index (χ2v) is 10.9. The third kappa shape index (κ3) is 7.28. The summed E-state index contributed by atoms with van der Waals surface area (Å²) in [7, 11) is -1.53. The Labute approximate surface area is 244 Å². The predicted octanol–water partition coefficient (Wildman–Crippen LogP) is 2.84. The van der Waals surface area contributed by atoms with Crippen molar-refractivity contribution < 1.29 is 32.2 Å². The van der Waals surface area contributed by atoms with Gasteiger partial charge in [0.1, 0.15) is 6.61 Å². The lowest BCUT2D eigenvalue weighted by Gasteiger charge is -2.31. The van der Waals surface area contributed by atoms with Crippen LogP contribution in [0.1, 0.15) is 33.5 Å². The van der Waals surface area contributed by atoms with Gasteiger partial charge in [-0.1, -0.05) is 36.4 Å². The number of nitrogens with zero attached hydrogens (tertiary/aromatic N) is 2. The molecule has 0 bridgehead atoms. The quantitative estimate of drug-likeness (QED) is 0.304. The summed E-state index contributed by atoms with van der Waals surface area (Å²) in [5, 5.41) is 15.4. The predicted molar refractivity (Wildman–Crippen MR) is 154 cm³/mol. The van der Waals surface area contributed by atoms with Gasteiger partial charge in [-0.2, -0.15) is 13.7 Å². The second-order valence-electron chi connectivity index (χ2n) is 9.33. The first-order valence-electron chi connectivity index (χ1n) is 13.0. The van der Waals surface area contributed by atoms with E-state index in [9.17, 15) is 23.3 Å². The molecular weight excluding hydrogens is 562 g/mol. The molecule has 42 heavy (non-hydrogen) atoms. The van der Waals surface area contributed by atoms with Gasteiger partial charge in [0.15, 0.2) is 11.5 Å². The Bertz CT molecular complexity index is 1570. The zero-order valence-corrected chi connectivity index (χ0v) is 23.9. The summed E-state index contributed by atoms with van der Waals surface area (Å²) in [5.74, 6) is 0.389. The molecule has 1 heterocycles. The Hall–Kier alpha value is -4.80. The molecule has 3 aromatic rings. The van der Waals surface area contributed by atoms with Crippen LogP contribution in [0.5, 0.6) is 11.5 Å². The zero-order chi connectivity index (χ0) is 30.1. The van der Waals surface area contributed by atoms with Crippen molar-refractivity contribution in [3.05, 3.63) is 89.0 Å². The summed E-state index contributed by atoms with van der Waals surface area (Å²) >= 11 is 0. The Morgan fingerprint density at radius 2 is 1.79 bits per heavy atom. The van der Waals surface area contributed by atoms with E-state index in [1.807, 2.05) is 10.8 Å². The van der Waals surface area contributed by atoms with Crippen molar-refractivity contribution in [2.75, 3.05) is 31.6 Å². The van der Waals surface area contributed by atoms with Gasteiger partial charge >= 0.3 is 16.3 Å². The van der Waals surface area contributed by atoms with Crippen molar-refractivity contribution in [2.45, 2.75) is 25.6 Å². The van der Waals surface area contributed by atoms with E-state index >= 15 is 0 Å². The SMILES string of the molecule is COc1ccc(CNC(=O)c2cc(C#N)ccc2N(C2CCNC2)S(=O)(=O)NC(=O)OCc2ccccc2)cc1OC. The number of hydrogen-bond acceptors (Lipinski definition) is 9. The molecule has 4 rings (SSSR count). The molecule has 0 saturated carbocycles. The van der Waals surface area contributed by atoms with Gasteiger partial charge in [-0.05, 0) is 54.4 Å². The van der Waals surface area contributed by atoms with E-state index in [1.165, 1.54) is 32.4 Å². The molecule has 0 aromatic heterocycles. The summed E-state index contributed by atoms with van der Waals surface area (Å²) in [6, 6.07) is 19.5. The smallest absolute Gasteiger partial charge is 0.422 e. The van der Waals surface area contributed by atoms with Gasteiger partial charge < -0.3 is 24.8 Å². The molecular formula is C29H31N5O7S. The standard InChI is InChI=1S/C29H31N5O7S/c1-39-26-11-9-22(15-27(26)40-2)17-32-28(35)24-14-21(16-30)8-10-25(24)34(23-12-13-31-18-23)42(37,38)33-29(36)41-19-20-6-4-3-5-7-20/h3-11,14-15,23,31H,12-13,17-19H2,1-2H3,(H,32,35)(H,33,36). The first-order valence-corrected chi connectivity index (χ1v) is 14.5. The topological polar surface area (TPSA) is 159 Å². The van der Waals surface area contributed by atoms with Crippen LogP contribution in [0, 0.1) is 11.3 Å². The molecule has 3 N–H and O–H groups in total. The van der Waals surface area contributed by atoms with Crippen LogP contribution in [-0.4, -0.2) is 53.8 Å². The number of carbonyl (C=O) groups excluding carboxylic acids is 2. The Morgan fingerprint density at radius 1 is 1.02 bits per heavy atom. The highest BCUT2D eigenvalue weighted by Gasteiger charge is 2.36. The van der Waals surface area contributed by atoms with Crippen LogP contribution in [0.15, 0.2) is 66.7 Å². The highest BCUT2D eigenvalue weighted by atomic mass is 32.2. The van der Waals surface area contributed by atoms with E-state index in [4.69, 9.17) is 14.2 Å². The highest BCUT2D eigenvalue weighted by molar-refractivity contribution is 7.91. The molecule has 1 saturated heterocycles. The maximum absolute atomic E-state index is 13.6. The normalized spacial score (nSPS) is 14.4.